The molecule has 2 heterocycles. The van der Waals surface area contributed by atoms with Crippen LogP contribution < -0.4 is 5.32 Å². The summed E-state index contributed by atoms with van der Waals surface area (Å²) < 4.78 is 1.79. The molecule has 4 nitrogen and oxygen atoms in total. The van der Waals surface area contributed by atoms with E-state index in [-0.39, 0.29) is 5.91 Å². The molecule has 0 spiro atoms. The van der Waals surface area contributed by atoms with E-state index in [1.54, 1.807) is 16.8 Å². The van der Waals surface area contributed by atoms with Crippen LogP contribution in [0.25, 0.3) is 4.96 Å². The van der Waals surface area contributed by atoms with Crippen LogP contribution in [0.3, 0.4) is 0 Å². The highest BCUT2D eigenvalue weighted by atomic mass is 32.1. The fraction of sp³-hybridized carbons (Fsp3) is 0.143. The zero-order chi connectivity index (χ0) is 13.4. The number of hydrogen-bond acceptors (Lipinski definition) is 3. The summed E-state index contributed by atoms with van der Waals surface area (Å²) in [6.07, 6.45) is 3.49. The summed E-state index contributed by atoms with van der Waals surface area (Å²) in [6, 6.07) is 6.00. The van der Waals surface area contributed by atoms with E-state index in [9.17, 15) is 4.79 Å². The highest BCUT2D eigenvalue weighted by Gasteiger charge is 2.12. The Kier molecular flexibility index (Phi) is 2.83. The zero-order valence-electron chi connectivity index (χ0n) is 10.7. The number of carbonyl (C=O) groups is 1. The predicted octanol–water partition coefficient (Wildman–Crippen LogP) is 3.26. The largest absolute Gasteiger partial charge is 0.321 e. The van der Waals surface area contributed by atoms with Gasteiger partial charge < -0.3 is 5.32 Å². The SMILES string of the molecule is Cc1cc(C)cc(NC(=O)c2csc3nccn23)c1. The second-order valence-electron chi connectivity index (χ2n) is 4.53. The minimum absolute atomic E-state index is 0.116. The van der Waals surface area contributed by atoms with Crippen molar-refractivity contribution < 1.29 is 4.79 Å². The first-order chi connectivity index (χ1) is 9.13. The normalized spacial score (nSPS) is 10.8. The number of aromatic nitrogens is 2. The summed E-state index contributed by atoms with van der Waals surface area (Å²) in [5.74, 6) is -0.116. The maximum atomic E-state index is 12.3. The Labute approximate surface area is 114 Å². The summed E-state index contributed by atoms with van der Waals surface area (Å²) >= 11 is 1.46. The molecule has 0 unspecified atom stereocenters. The maximum absolute atomic E-state index is 12.3. The van der Waals surface area contributed by atoms with Crippen molar-refractivity contribution in [2.75, 3.05) is 5.32 Å². The number of imidazole rings is 1. The van der Waals surface area contributed by atoms with Gasteiger partial charge >= 0.3 is 0 Å². The van der Waals surface area contributed by atoms with Gasteiger partial charge in [0.25, 0.3) is 5.91 Å². The highest BCUT2D eigenvalue weighted by Crippen LogP contribution is 2.18. The van der Waals surface area contributed by atoms with Crippen LogP contribution in [-0.4, -0.2) is 15.3 Å². The Bertz CT molecular complexity index is 737. The number of fused-ring (bicyclic) bond motifs is 1. The molecule has 1 N–H and O–H groups in total. The second kappa shape index (κ2) is 4.51. The smallest absolute Gasteiger partial charge is 0.273 e. The Morgan fingerprint density at radius 3 is 2.74 bits per heavy atom. The van der Waals surface area contributed by atoms with E-state index in [4.69, 9.17) is 0 Å². The Hall–Kier alpha value is -2.14. The lowest BCUT2D eigenvalue weighted by molar-refractivity contribution is 0.102. The van der Waals surface area contributed by atoms with E-state index >= 15 is 0 Å². The topological polar surface area (TPSA) is 46.4 Å². The number of rotatable bonds is 2. The van der Waals surface area contributed by atoms with E-state index in [0.717, 1.165) is 21.8 Å². The molecule has 5 heteroatoms. The minimum Gasteiger partial charge on any atom is -0.321 e. The van der Waals surface area contributed by atoms with Gasteiger partial charge in [0.05, 0.1) is 0 Å². The van der Waals surface area contributed by atoms with Crippen LogP contribution in [-0.2, 0) is 0 Å². The van der Waals surface area contributed by atoms with E-state index in [0.29, 0.717) is 5.69 Å². The van der Waals surface area contributed by atoms with E-state index in [1.165, 1.54) is 11.3 Å². The van der Waals surface area contributed by atoms with Gasteiger partial charge in [-0.3, -0.25) is 9.20 Å². The number of nitrogens with zero attached hydrogens (tertiary/aromatic N) is 2. The second-order valence-corrected chi connectivity index (χ2v) is 5.37. The zero-order valence-corrected chi connectivity index (χ0v) is 11.5. The average Bonchev–Trinajstić information content (AvgIpc) is 2.87. The van der Waals surface area contributed by atoms with Gasteiger partial charge in [0, 0.05) is 23.5 Å². The lowest BCUT2D eigenvalue weighted by Gasteiger charge is -2.06. The predicted molar refractivity (Wildman–Crippen MR) is 76.9 cm³/mol. The number of carbonyl (C=O) groups excluding carboxylic acids is 1. The highest BCUT2D eigenvalue weighted by molar-refractivity contribution is 7.15. The molecule has 3 aromatic rings. The van der Waals surface area contributed by atoms with Gasteiger partial charge in [0.2, 0.25) is 0 Å². The summed E-state index contributed by atoms with van der Waals surface area (Å²) in [7, 11) is 0. The molecule has 0 bridgehead atoms. The third-order valence-corrected chi connectivity index (χ3v) is 3.71. The molecule has 0 saturated heterocycles. The van der Waals surface area contributed by atoms with Crippen molar-refractivity contribution in [3.8, 4) is 0 Å². The molecule has 0 fully saturated rings. The Morgan fingerprint density at radius 2 is 2.00 bits per heavy atom. The fourth-order valence-corrected chi connectivity index (χ4v) is 2.96. The van der Waals surface area contributed by atoms with Crippen LogP contribution in [0.1, 0.15) is 21.6 Å². The van der Waals surface area contributed by atoms with Gasteiger partial charge in [-0.15, -0.1) is 11.3 Å². The van der Waals surface area contributed by atoms with Crippen LogP contribution in [0.4, 0.5) is 5.69 Å². The summed E-state index contributed by atoms with van der Waals surface area (Å²) in [5.41, 5.74) is 3.69. The summed E-state index contributed by atoms with van der Waals surface area (Å²) in [4.78, 5) is 17.2. The molecule has 0 aliphatic heterocycles. The molecule has 96 valence electrons. The number of nitrogens with one attached hydrogen (secondary N) is 1. The number of thiazole rings is 1. The third-order valence-electron chi connectivity index (χ3n) is 2.85. The van der Waals surface area contributed by atoms with Crippen LogP contribution in [0, 0.1) is 13.8 Å². The lowest BCUT2D eigenvalue weighted by Crippen LogP contribution is -2.14. The summed E-state index contributed by atoms with van der Waals surface area (Å²) in [6.45, 7) is 4.03. The van der Waals surface area contributed by atoms with Crippen LogP contribution >= 0.6 is 11.3 Å². The molecule has 3 rings (SSSR count). The molecule has 2 aromatic heterocycles. The number of benzene rings is 1. The van der Waals surface area contributed by atoms with Crippen LogP contribution in [0.5, 0.6) is 0 Å². The summed E-state index contributed by atoms with van der Waals surface area (Å²) in [5, 5.41) is 4.75. The Morgan fingerprint density at radius 1 is 1.26 bits per heavy atom. The van der Waals surface area contributed by atoms with Gasteiger partial charge in [-0.25, -0.2) is 4.98 Å². The molecule has 0 saturated carbocycles. The molecule has 1 amide bonds. The van der Waals surface area contributed by atoms with Crippen molar-refractivity contribution in [2.45, 2.75) is 13.8 Å². The van der Waals surface area contributed by atoms with E-state index in [2.05, 4.69) is 16.4 Å². The standard InChI is InChI=1S/C14H13N3OS/c1-9-5-10(2)7-11(6-9)16-13(18)12-8-19-14-15-3-4-17(12)14/h3-8H,1-2H3,(H,16,18). The van der Waals surface area contributed by atoms with Gasteiger partial charge in [-0.05, 0) is 37.1 Å². The van der Waals surface area contributed by atoms with Crippen molar-refractivity contribution in [3.05, 3.63) is 52.8 Å². The van der Waals surface area contributed by atoms with Crippen molar-refractivity contribution in [3.63, 3.8) is 0 Å². The van der Waals surface area contributed by atoms with Gasteiger partial charge in [-0.2, -0.15) is 0 Å². The molecule has 0 radical (unpaired) electrons. The molecular formula is C14H13N3OS. The van der Waals surface area contributed by atoms with Gasteiger partial charge in [0.1, 0.15) is 5.69 Å². The van der Waals surface area contributed by atoms with E-state index in [1.807, 2.05) is 31.4 Å². The first kappa shape index (κ1) is 11.9. The monoisotopic (exact) mass is 271 g/mol. The van der Waals surface area contributed by atoms with Crippen molar-refractivity contribution in [1.82, 2.24) is 9.38 Å². The fourth-order valence-electron chi connectivity index (χ4n) is 2.13. The molecule has 0 aliphatic rings. The van der Waals surface area contributed by atoms with Crippen molar-refractivity contribution in [1.29, 1.82) is 0 Å². The van der Waals surface area contributed by atoms with Crippen LogP contribution in [0.2, 0.25) is 0 Å². The first-order valence-electron chi connectivity index (χ1n) is 5.94. The quantitative estimate of drug-likeness (QED) is 0.777. The lowest BCUT2D eigenvalue weighted by atomic mass is 10.1. The number of aryl methyl sites for hydroxylation is 2. The van der Waals surface area contributed by atoms with E-state index < -0.39 is 0 Å². The number of amides is 1. The van der Waals surface area contributed by atoms with Crippen molar-refractivity contribution in [2.24, 2.45) is 0 Å². The number of hydrogen-bond donors (Lipinski definition) is 1. The minimum atomic E-state index is -0.116. The van der Waals surface area contributed by atoms with Crippen molar-refractivity contribution >= 4 is 27.9 Å². The Balaban J connectivity index is 1.91. The third kappa shape index (κ3) is 2.24. The molecule has 1 aromatic carbocycles. The maximum Gasteiger partial charge on any atom is 0.273 e. The molecule has 0 atom stereocenters. The first-order valence-corrected chi connectivity index (χ1v) is 6.81. The van der Waals surface area contributed by atoms with Gasteiger partial charge in [-0.1, -0.05) is 6.07 Å². The number of anilines is 1. The molecule has 0 aliphatic carbocycles. The van der Waals surface area contributed by atoms with Gasteiger partial charge in [0.15, 0.2) is 4.96 Å². The average molecular weight is 271 g/mol. The molecule has 19 heavy (non-hydrogen) atoms. The molecular weight excluding hydrogens is 258 g/mol. The van der Waals surface area contributed by atoms with Crippen LogP contribution in [0.15, 0.2) is 36.0 Å².